The monoisotopic (exact) mass is 459 g/mol. The number of hydrogen-bond acceptors (Lipinski definition) is 6. The summed E-state index contributed by atoms with van der Waals surface area (Å²) in [5.74, 6) is 0.924. The van der Waals surface area contributed by atoms with Crippen molar-refractivity contribution in [1.82, 2.24) is 9.88 Å². The van der Waals surface area contributed by atoms with E-state index in [2.05, 4.69) is 22.9 Å². The lowest BCUT2D eigenvalue weighted by atomic mass is 9.94. The molecule has 0 radical (unpaired) electrons. The van der Waals surface area contributed by atoms with E-state index < -0.39 is 5.97 Å². The summed E-state index contributed by atoms with van der Waals surface area (Å²) in [4.78, 5) is 23.3. The van der Waals surface area contributed by atoms with Crippen molar-refractivity contribution < 1.29 is 14.6 Å². The van der Waals surface area contributed by atoms with Crippen LogP contribution in [-0.4, -0.2) is 37.9 Å². The van der Waals surface area contributed by atoms with Crippen molar-refractivity contribution in [3.8, 4) is 5.75 Å². The fourth-order valence-corrected chi connectivity index (χ4v) is 5.79. The Labute approximate surface area is 197 Å². The van der Waals surface area contributed by atoms with E-state index in [4.69, 9.17) is 14.8 Å². The van der Waals surface area contributed by atoms with Gasteiger partial charge < -0.3 is 14.7 Å². The topological polar surface area (TPSA) is 75.0 Å². The molecule has 2 aromatic carbocycles. The molecule has 3 heterocycles. The Bertz CT molecular complexity index is 1170. The van der Waals surface area contributed by atoms with Crippen LogP contribution in [0, 0.1) is 0 Å². The Morgan fingerprint density at radius 2 is 1.91 bits per heavy atom. The van der Waals surface area contributed by atoms with Crippen molar-refractivity contribution in [3.05, 3.63) is 95.3 Å². The van der Waals surface area contributed by atoms with Crippen LogP contribution >= 0.6 is 11.8 Å². The molecule has 3 atom stereocenters. The molecule has 3 aromatic rings. The second kappa shape index (κ2) is 9.27. The molecule has 168 valence electrons. The Hall–Kier alpha value is -3.32. The minimum Gasteiger partial charge on any atom is -0.489 e. The first-order valence-corrected chi connectivity index (χ1v) is 12.1. The van der Waals surface area contributed by atoms with Gasteiger partial charge in [0.15, 0.2) is 5.17 Å². The van der Waals surface area contributed by atoms with Crippen molar-refractivity contribution in [2.45, 2.75) is 38.1 Å². The van der Waals surface area contributed by atoms with Crippen molar-refractivity contribution >= 4 is 22.9 Å². The number of hydrogen-bond donors (Lipinski definition) is 1. The van der Waals surface area contributed by atoms with Crippen molar-refractivity contribution in [1.29, 1.82) is 0 Å². The molecule has 1 aromatic heterocycles. The molecule has 0 bridgehead atoms. The summed E-state index contributed by atoms with van der Waals surface area (Å²) in [6.45, 7) is 2.58. The molecule has 0 amide bonds. The van der Waals surface area contributed by atoms with E-state index in [0.717, 1.165) is 39.9 Å². The van der Waals surface area contributed by atoms with Gasteiger partial charge in [0, 0.05) is 23.6 Å². The zero-order valence-electron chi connectivity index (χ0n) is 18.3. The summed E-state index contributed by atoms with van der Waals surface area (Å²) >= 11 is 1.82. The van der Waals surface area contributed by atoms with E-state index >= 15 is 0 Å². The zero-order valence-corrected chi connectivity index (χ0v) is 19.1. The van der Waals surface area contributed by atoms with Crippen molar-refractivity contribution in [3.63, 3.8) is 0 Å². The molecule has 1 saturated heterocycles. The van der Waals surface area contributed by atoms with Crippen LogP contribution in [0.1, 0.15) is 52.6 Å². The van der Waals surface area contributed by atoms with Crippen molar-refractivity contribution in [2.75, 3.05) is 5.75 Å². The highest BCUT2D eigenvalue weighted by atomic mass is 32.2. The predicted octanol–water partition coefficient (Wildman–Crippen LogP) is 5.34. The number of aromatic carboxylic acids is 1. The normalized spacial score (nSPS) is 21.5. The van der Waals surface area contributed by atoms with Gasteiger partial charge >= 0.3 is 5.97 Å². The van der Waals surface area contributed by atoms with Crippen LogP contribution in [0.2, 0.25) is 0 Å². The van der Waals surface area contributed by atoms with Crippen molar-refractivity contribution in [2.24, 2.45) is 4.99 Å². The zero-order chi connectivity index (χ0) is 22.8. The highest BCUT2D eigenvalue weighted by molar-refractivity contribution is 8.14. The molecule has 0 aliphatic carbocycles. The quantitative estimate of drug-likeness (QED) is 0.514. The number of thioether (sulfide) groups is 1. The first-order valence-electron chi connectivity index (χ1n) is 11.1. The van der Waals surface area contributed by atoms with E-state index in [0.29, 0.717) is 12.6 Å². The lowest BCUT2D eigenvalue weighted by Crippen LogP contribution is -2.35. The van der Waals surface area contributed by atoms with E-state index in [1.165, 1.54) is 0 Å². The highest BCUT2D eigenvalue weighted by Crippen LogP contribution is 2.50. The Morgan fingerprint density at radius 1 is 1.12 bits per heavy atom. The Balaban J connectivity index is 1.46. The van der Waals surface area contributed by atoms with E-state index in [9.17, 15) is 4.79 Å². The van der Waals surface area contributed by atoms with Gasteiger partial charge in [-0.05, 0) is 42.3 Å². The molecule has 0 spiro atoms. The minimum absolute atomic E-state index is 0.0143. The summed E-state index contributed by atoms with van der Waals surface area (Å²) in [5.41, 5.74) is 3.24. The molecule has 0 saturated carbocycles. The summed E-state index contributed by atoms with van der Waals surface area (Å²) in [6.07, 6.45) is 2.88. The number of para-hydroxylation sites is 1. The van der Waals surface area contributed by atoms with E-state index in [1.807, 2.05) is 54.4 Å². The molecule has 6 nitrogen and oxygen atoms in total. The molecule has 33 heavy (non-hydrogen) atoms. The molecular formula is C26H25N3O3S. The molecule has 2 aliphatic rings. The van der Waals surface area contributed by atoms with E-state index in [-0.39, 0.29) is 17.6 Å². The van der Waals surface area contributed by atoms with Gasteiger partial charge in [-0.3, -0.25) is 9.98 Å². The second-order valence-electron chi connectivity index (χ2n) is 8.16. The van der Waals surface area contributed by atoms with Gasteiger partial charge in [-0.2, -0.15) is 0 Å². The van der Waals surface area contributed by atoms with Crippen LogP contribution in [-0.2, 0) is 6.61 Å². The average Bonchev–Trinajstić information content (AvgIpc) is 3.43. The number of carboxylic acid groups (broad SMARTS) is 1. The van der Waals surface area contributed by atoms with Crippen LogP contribution in [0.15, 0.2) is 77.9 Å². The van der Waals surface area contributed by atoms with Crippen LogP contribution in [0.4, 0.5) is 0 Å². The fourth-order valence-electron chi connectivity index (χ4n) is 4.45. The molecule has 2 aliphatic heterocycles. The third kappa shape index (κ3) is 4.20. The summed E-state index contributed by atoms with van der Waals surface area (Å²) < 4.78 is 6.29. The lowest BCUT2D eigenvalue weighted by molar-refractivity contribution is 0.0697. The number of carbonyl (C=O) groups is 1. The van der Waals surface area contributed by atoms with Gasteiger partial charge in [-0.15, -0.1) is 0 Å². The maximum atomic E-state index is 11.1. The number of amidine groups is 1. The smallest absolute Gasteiger partial charge is 0.335 e. The molecule has 0 unspecified atom stereocenters. The number of benzene rings is 2. The third-order valence-corrected chi connectivity index (χ3v) is 7.29. The highest BCUT2D eigenvalue weighted by Gasteiger charge is 2.46. The number of rotatable bonds is 7. The minimum atomic E-state index is -0.931. The standard InChI is InChI=1S/C26H25N3O3S/c1-2-19-16-33-26-28-23(21-8-5-6-14-27-21)24(29(19)26)20-7-3-4-9-22(20)32-15-17-10-12-18(13-11-17)25(30)31/h3-14,19,23-24H,2,15-16H2,1H3,(H,30,31)/t19-,23-,24-/m1/s1. The number of ether oxygens (including phenoxy) is 1. The van der Waals surface area contributed by atoms with Crippen LogP contribution < -0.4 is 4.74 Å². The summed E-state index contributed by atoms with van der Waals surface area (Å²) in [7, 11) is 0. The molecule has 7 heteroatoms. The number of fused-ring (bicyclic) bond motifs is 1. The Morgan fingerprint density at radius 3 is 2.64 bits per heavy atom. The fraction of sp³-hybridized carbons (Fsp3) is 0.269. The molecule has 1 N–H and O–H groups in total. The van der Waals surface area contributed by atoms with Gasteiger partial charge in [0.2, 0.25) is 0 Å². The van der Waals surface area contributed by atoms with Gasteiger partial charge in [-0.25, -0.2) is 4.79 Å². The van der Waals surface area contributed by atoms with Gasteiger partial charge in [0.25, 0.3) is 0 Å². The number of nitrogens with zero attached hydrogens (tertiary/aromatic N) is 3. The summed E-state index contributed by atoms with van der Waals surface area (Å²) in [6, 6.07) is 21.3. The number of carboxylic acids is 1. The maximum Gasteiger partial charge on any atom is 0.335 e. The average molecular weight is 460 g/mol. The maximum absolute atomic E-state index is 11.1. The predicted molar refractivity (Wildman–Crippen MR) is 130 cm³/mol. The first-order chi connectivity index (χ1) is 16.2. The lowest BCUT2D eigenvalue weighted by Gasteiger charge is -2.32. The number of pyridine rings is 1. The Kier molecular flexibility index (Phi) is 6.05. The largest absolute Gasteiger partial charge is 0.489 e. The summed E-state index contributed by atoms with van der Waals surface area (Å²) in [5, 5.41) is 10.2. The van der Waals surface area contributed by atoms with Crippen LogP contribution in [0.3, 0.4) is 0 Å². The third-order valence-electron chi connectivity index (χ3n) is 6.16. The van der Waals surface area contributed by atoms with Crippen LogP contribution in [0.5, 0.6) is 5.75 Å². The number of aromatic nitrogens is 1. The molecular weight excluding hydrogens is 434 g/mol. The van der Waals surface area contributed by atoms with E-state index in [1.54, 1.807) is 24.3 Å². The molecule has 5 rings (SSSR count). The van der Waals surface area contributed by atoms with Crippen LogP contribution in [0.25, 0.3) is 0 Å². The first kappa shape index (κ1) is 21.5. The molecule has 1 fully saturated rings. The second-order valence-corrected chi connectivity index (χ2v) is 9.15. The van der Waals surface area contributed by atoms with Gasteiger partial charge in [0.1, 0.15) is 18.4 Å². The van der Waals surface area contributed by atoms with Gasteiger partial charge in [-0.1, -0.05) is 55.1 Å². The number of aliphatic imine (C=N–C) groups is 1. The van der Waals surface area contributed by atoms with Gasteiger partial charge in [0.05, 0.1) is 17.3 Å². The SMILES string of the molecule is CC[C@@H]1CSC2=N[C@H](c3ccccn3)[C@@H](c3ccccc3OCc3ccc(C(=O)O)cc3)N21.